The van der Waals surface area contributed by atoms with Crippen LogP contribution in [-0.2, 0) is 9.59 Å². The van der Waals surface area contributed by atoms with Crippen LogP contribution in [0.25, 0.3) is 0 Å². The molecule has 7 nitrogen and oxygen atoms in total. The molecule has 8 heteroatoms. The van der Waals surface area contributed by atoms with Gasteiger partial charge in [0, 0.05) is 13.3 Å². The Labute approximate surface area is 238 Å². The van der Waals surface area contributed by atoms with Gasteiger partial charge in [0.05, 0.1) is 11.5 Å². The van der Waals surface area contributed by atoms with Gasteiger partial charge in [0.25, 0.3) is 0 Å². The van der Waals surface area contributed by atoms with E-state index in [1.54, 1.807) is 6.92 Å². The lowest BCUT2D eigenvalue weighted by Crippen LogP contribution is -2.62. The number of carbonyl (C=O) groups is 2. The maximum absolute atomic E-state index is 13.1. The lowest BCUT2D eigenvalue weighted by Gasteiger charge is -2.68. The van der Waals surface area contributed by atoms with Gasteiger partial charge in [-0.05, 0) is 108 Å². The number of aromatic nitrogens is 2. The Morgan fingerprint density at radius 1 is 1.00 bits per heavy atom. The minimum atomic E-state index is -0.501. The summed E-state index contributed by atoms with van der Waals surface area (Å²) in [5.41, 5.74) is 3.52. The Balaban J connectivity index is 0.000000348. The standard InChI is InChI=1S/C29H44O3.C3H4FN3O/c1-17(2)24-20(31)15-29(16-30)14-9-19-18(25(24)29)7-8-22-27(19,5)12-10-21-26(3,4)23(32)11-13-28(21,22)6;1-2-6-7-3(5-4)8-2/h16-19,21-23,32H,7-15H2,1-6H3;1H3,(H,5,7)/t18?,19?,21?,22?,23-,27?,28?,29-;/m0./s1. The second-order valence-corrected chi connectivity index (χ2v) is 14.9. The summed E-state index contributed by atoms with van der Waals surface area (Å²) in [6.07, 6.45) is 10.2. The highest BCUT2D eigenvalue weighted by Gasteiger charge is 2.66. The summed E-state index contributed by atoms with van der Waals surface area (Å²) in [6.45, 7) is 15.6. The molecule has 0 spiro atoms. The molecule has 5 aliphatic carbocycles. The van der Waals surface area contributed by atoms with Gasteiger partial charge in [0.1, 0.15) is 6.29 Å². The average molecular weight is 558 g/mol. The van der Waals surface area contributed by atoms with Gasteiger partial charge in [-0.2, -0.15) is 5.54 Å². The quantitative estimate of drug-likeness (QED) is 0.311. The highest BCUT2D eigenvalue weighted by molar-refractivity contribution is 6.03. The SMILES string of the molecule is CC(C)C1=C2C3CCC4C(C)(CCC5C4(C)CC[C@H](O)C5(C)C)C3CC[C@@]2(C=O)CC1=O.Cc1nnc(NF)o1. The zero-order valence-corrected chi connectivity index (χ0v) is 25.3. The van der Waals surface area contributed by atoms with Crippen LogP contribution in [0, 0.1) is 58.2 Å². The van der Waals surface area contributed by atoms with Crippen LogP contribution in [0.3, 0.4) is 0 Å². The van der Waals surface area contributed by atoms with Gasteiger partial charge in [-0.1, -0.05) is 51.1 Å². The van der Waals surface area contributed by atoms with E-state index in [1.165, 1.54) is 30.4 Å². The van der Waals surface area contributed by atoms with Crippen molar-refractivity contribution in [3.05, 3.63) is 17.0 Å². The number of allylic oxidation sites excluding steroid dienone is 2. The van der Waals surface area contributed by atoms with Crippen molar-refractivity contribution in [2.45, 2.75) is 112 Å². The molecule has 4 fully saturated rings. The van der Waals surface area contributed by atoms with Gasteiger partial charge in [0.15, 0.2) is 5.78 Å². The van der Waals surface area contributed by atoms with E-state index in [-0.39, 0.29) is 40.1 Å². The summed E-state index contributed by atoms with van der Waals surface area (Å²) >= 11 is 0. The summed E-state index contributed by atoms with van der Waals surface area (Å²) in [5, 5.41) is 17.4. The van der Waals surface area contributed by atoms with Gasteiger partial charge in [-0.15, -0.1) is 5.10 Å². The number of carbonyl (C=O) groups excluding carboxylic acids is 2. The molecule has 5 aliphatic rings. The van der Waals surface area contributed by atoms with Crippen molar-refractivity contribution in [2.75, 3.05) is 5.54 Å². The third-order valence-corrected chi connectivity index (χ3v) is 12.5. The molecule has 2 N–H and O–H groups in total. The molecule has 6 unspecified atom stereocenters. The predicted octanol–water partition coefficient (Wildman–Crippen LogP) is 6.81. The highest BCUT2D eigenvalue weighted by Crippen LogP contribution is 2.72. The summed E-state index contributed by atoms with van der Waals surface area (Å²) in [5.74, 6) is 3.02. The maximum atomic E-state index is 13.1. The fraction of sp³-hybridized carbons (Fsp3) is 0.812. The lowest BCUT2D eigenvalue weighted by molar-refractivity contribution is -0.202. The van der Waals surface area contributed by atoms with E-state index in [4.69, 9.17) is 0 Å². The first kappa shape index (κ1) is 29.4. The van der Waals surface area contributed by atoms with E-state index in [0.29, 0.717) is 36.0 Å². The van der Waals surface area contributed by atoms with E-state index in [9.17, 15) is 19.2 Å². The highest BCUT2D eigenvalue weighted by atomic mass is 19.2. The van der Waals surface area contributed by atoms with Gasteiger partial charge in [-0.25, -0.2) is 0 Å². The topological polar surface area (TPSA) is 105 Å². The number of halogens is 1. The Hall–Kier alpha value is -2.09. The minimum absolute atomic E-state index is 0.0182. The van der Waals surface area contributed by atoms with Gasteiger partial charge < -0.3 is 14.3 Å². The van der Waals surface area contributed by atoms with Gasteiger partial charge in [-0.3, -0.25) is 4.79 Å². The second kappa shape index (κ2) is 10.0. The Morgan fingerprint density at radius 2 is 1.70 bits per heavy atom. The number of hydrogen-bond acceptors (Lipinski definition) is 7. The molecule has 1 aromatic heterocycles. The summed E-state index contributed by atoms with van der Waals surface area (Å²) < 4.78 is 15.8. The predicted molar refractivity (Wildman–Crippen MR) is 151 cm³/mol. The molecule has 0 amide bonds. The van der Waals surface area contributed by atoms with Gasteiger partial charge in [0.2, 0.25) is 5.89 Å². The largest absolute Gasteiger partial charge is 0.407 e. The number of aryl methyl sites for hydroxylation is 1. The number of aldehydes is 1. The summed E-state index contributed by atoms with van der Waals surface area (Å²) in [4.78, 5) is 25.5. The van der Waals surface area contributed by atoms with Crippen LogP contribution in [0.2, 0.25) is 0 Å². The number of fused-ring (bicyclic) bond motifs is 7. The van der Waals surface area contributed by atoms with Crippen molar-refractivity contribution < 1.29 is 23.6 Å². The summed E-state index contributed by atoms with van der Waals surface area (Å²) in [7, 11) is 0. The van der Waals surface area contributed by atoms with Crippen molar-refractivity contribution >= 4 is 18.1 Å². The Kier molecular flexibility index (Phi) is 7.37. The van der Waals surface area contributed by atoms with E-state index in [0.717, 1.165) is 44.0 Å². The van der Waals surface area contributed by atoms with Crippen molar-refractivity contribution in [1.82, 2.24) is 10.2 Å². The molecule has 4 saturated carbocycles. The Morgan fingerprint density at radius 3 is 2.27 bits per heavy atom. The number of Topliss-reactive ketones (excluding diaryl/α,β-unsaturated/α-hetero) is 1. The number of nitrogens with zero attached hydrogens (tertiary/aromatic N) is 2. The number of aliphatic hydroxyl groups excluding tert-OH is 1. The van der Waals surface area contributed by atoms with Gasteiger partial charge >= 0.3 is 6.01 Å². The van der Waals surface area contributed by atoms with E-state index >= 15 is 0 Å². The van der Waals surface area contributed by atoms with Crippen LogP contribution < -0.4 is 5.54 Å². The maximum Gasteiger partial charge on any atom is 0.344 e. The van der Waals surface area contributed by atoms with E-state index < -0.39 is 5.41 Å². The van der Waals surface area contributed by atoms with E-state index in [2.05, 4.69) is 56.2 Å². The fourth-order valence-electron chi connectivity index (χ4n) is 10.8. The van der Waals surface area contributed by atoms with Crippen LogP contribution in [-0.4, -0.2) is 33.5 Å². The lowest BCUT2D eigenvalue weighted by atomic mass is 9.36. The van der Waals surface area contributed by atoms with Crippen LogP contribution >= 0.6 is 0 Å². The molecule has 1 heterocycles. The molecule has 40 heavy (non-hydrogen) atoms. The van der Waals surface area contributed by atoms with Crippen molar-refractivity contribution in [3.63, 3.8) is 0 Å². The molecule has 222 valence electrons. The molecule has 0 saturated heterocycles. The third kappa shape index (κ3) is 4.21. The smallest absolute Gasteiger partial charge is 0.344 e. The van der Waals surface area contributed by atoms with Crippen molar-refractivity contribution in [3.8, 4) is 0 Å². The van der Waals surface area contributed by atoms with E-state index in [1.807, 2.05) is 0 Å². The van der Waals surface area contributed by atoms with Crippen LogP contribution in [0.5, 0.6) is 0 Å². The summed E-state index contributed by atoms with van der Waals surface area (Å²) in [6, 6.07) is -0.206. The number of anilines is 1. The average Bonchev–Trinajstić information content (AvgIpc) is 3.46. The number of rotatable bonds is 3. The molecule has 0 aromatic carbocycles. The minimum Gasteiger partial charge on any atom is -0.407 e. The first-order valence-corrected chi connectivity index (χ1v) is 15.3. The van der Waals surface area contributed by atoms with Crippen LogP contribution in [0.15, 0.2) is 15.6 Å². The molecular weight excluding hydrogens is 509 g/mol. The first-order valence-electron chi connectivity index (χ1n) is 15.3. The molecule has 8 atom stereocenters. The number of aliphatic hydroxyl groups is 1. The molecular formula is C32H48FN3O4. The molecule has 6 rings (SSSR count). The monoisotopic (exact) mass is 557 g/mol. The van der Waals surface area contributed by atoms with Crippen LogP contribution in [0.1, 0.15) is 105 Å². The van der Waals surface area contributed by atoms with Crippen molar-refractivity contribution in [2.24, 2.45) is 51.2 Å². The zero-order valence-electron chi connectivity index (χ0n) is 25.3. The molecule has 0 aliphatic heterocycles. The first-order chi connectivity index (χ1) is 18.7. The number of ketones is 1. The molecule has 0 radical (unpaired) electrons. The normalized spacial score (nSPS) is 41.8. The zero-order chi connectivity index (χ0) is 29.3. The second-order valence-electron chi connectivity index (χ2n) is 14.9. The number of hydrogen-bond donors (Lipinski definition) is 2. The van der Waals surface area contributed by atoms with Crippen molar-refractivity contribution in [1.29, 1.82) is 0 Å². The van der Waals surface area contributed by atoms with Crippen LogP contribution in [0.4, 0.5) is 10.5 Å². The Bertz CT molecular complexity index is 1190. The molecule has 0 bridgehead atoms. The fourth-order valence-corrected chi connectivity index (χ4v) is 10.8. The number of nitrogens with one attached hydrogen (secondary N) is 1. The third-order valence-electron chi connectivity index (χ3n) is 12.5. The molecule has 1 aromatic rings.